The van der Waals surface area contributed by atoms with Crippen molar-refractivity contribution >= 4 is 23.4 Å². The van der Waals surface area contributed by atoms with E-state index in [1.54, 1.807) is 18.2 Å². The number of hydrogen-bond acceptors (Lipinski definition) is 9. The fourth-order valence-electron chi connectivity index (χ4n) is 2.63. The van der Waals surface area contributed by atoms with Crippen LogP contribution in [0.5, 0.6) is 5.75 Å². The first kappa shape index (κ1) is 22.1. The van der Waals surface area contributed by atoms with Crippen molar-refractivity contribution in [3.63, 3.8) is 0 Å². The Morgan fingerprint density at radius 3 is 2.65 bits per heavy atom. The van der Waals surface area contributed by atoms with Crippen molar-refractivity contribution in [3.05, 3.63) is 72.3 Å². The Balaban J connectivity index is 1.71. The van der Waals surface area contributed by atoms with Crippen molar-refractivity contribution in [1.29, 1.82) is 0 Å². The van der Waals surface area contributed by atoms with Gasteiger partial charge < -0.3 is 18.7 Å². The standard InChI is InChI=1S/C22H21N3O5S/c1-4-13-31-22-24-23-20(30-22)15-9-11-17(12-10-15)29-14-16-7-5-6-8-18(16)19(25-28-3)21(26)27-2/h4-12H,1,13-14H2,2-3H3/b25-19-. The van der Waals surface area contributed by atoms with Gasteiger partial charge in [-0.25, -0.2) is 4.79 Å². The number of ether oxygens (including phenoxy) is 2. The number of carbonyl (C=O) groups is 1. The van der Waals surface area contributed by atoms with Crippen LogP contribution in [0.25, 0.3) is 11.5 Å². The molecule has 160 valence electrons. The molecule has 9 heteroatoms. The van der Waals surface area contributed by atoms with Crippen molar-refractivity contribution in [2.75, 3.05) is 20.0 Å². The van der Waals surface area contributed by atoms with E-state index in [9.17, 15) is 4.79 Å². The van der Waals surface area contributed by atoms with Gasteiger partial charge in [0.15, 0.2) is 5.71 Å². The van der Waals surface area contributed by atoms with E-state index in [0.717, 1.165) is 11.1 Å². The van der Waals surface area contributed by atoms with E-state index >= 15 is 0 Å². The lowest BCUT2D eigenvalue weighted by atomic mass is 10.0. The number of oxime groups is 1. The Morgan fingerprint density at radius 1 is 1.16 bits per heavy atom. The molecule has 1 heterocycles. The largest absolute Gasteiger partial charge is 0.489 e. The van der Waals surface area contributed by atoms with E-state index in [4.69, 9.17) is 18.7 Å². The molecule has 0 saturated heterocycles. The summed E-state index contributed by atoms with van der Waals surface area (Å²) < 4.78 is 16.3. The first-order chi connectivity index (χ1) is 15.2. The lowest BCUT2D eigenvalue weighted by molar-refractivity contribution is -0.132. The van der Waals surface area contributed by atoms with Gasteiger partial charge in [-0.15, -0.1) is 16.8 Å². The second-order valence-electron chi connectivity index (χ2n) is 6.06. The third-order valence-electron chi connectivity index (χ3n) is 4.06. The molecule has 0 bridgehead atoms. The molecule has 8 nitrogen and oxygen atoms in total. The fourth-order valence-corrected chi connectivity index (χ4v) is 3.13. The molecule has 0 amide bonds. The molecule has 0 atom stereocenters. The lowest BCUT2D eigenvalue weighted by Gasteiger charge is -2.12. The Morgan fingerprint density at radius 2 is 1.94 bits per heavy atom. The van der Waals surface area contributed by atoms with Crippen molar-refractivity contribution < 1.29 is 23.5 Å². The minimum atomic E-state index is -0.594. The summed E-state index contributed by atoms with van der Waals surface area (Å²) in [5.41, 5.74) is 2.18. The summed E-state index contributed by atoms with van der Waals surface area (Å²) in [6.07, 6.45) is 1.77. The number of aromatic nitrogens is 2. The first-order valence-corrected chi connectivity index (χ1v) is 10.2. The molecule has 2 aromatic carbocycles. The molecule has 0 saturated carbocycles. The van der Waals surface area contributed by atoms with Gasteiger partial charge in [0.2, 0.25) is 5.89 Å². The van der Waals surface area contributed by atoms with Crippen LogP contribution in [0.2, 0.25) is 0 Å². The zero-order chi connectivity index (χ0) is 22.1. The van der Waals surface area contributed by atoms with Crippen LogP contribution in [0, 0.1) is 0 Å². The molecule has 0 spiro atoms. The smallest absolute Gasteiger partial charge is 0.360 e. The Hall–Kier alpha value is -3.59. The normalized spacial score (nSPS) is 11.1. The van der Waals surface area contributed by atoms with Crippen molar-refractivity contribution in [1.82, 2.24) is 10.2 Å². The molecule has 0 aliphatic heterocycles. The quantitative estimate of drug-likeness (QED) is 0.153. The van der Waals surface area contributed by atoms with Gasteiger partial charge in [0.1, 0.15) is 19.5 Å². The minimum absolute atomic E-state index is 0.0704. The number of esters is 1. The van der Waals surface area contributed by atoms with Gasteiger partial charge in [0.05, 0.1) is 7.11 Å². The highest BCUT2D eigenvalue weighted by Gasteiger charge is 2.19. The molecule has 0 unspecified atom stereocenters. The molecule has 3 aromatic rings. The number of nitrogens with zero attached hydrogens (tertiary/aromatic N) is 3. The van der Waals surface area contributed by atoms with Crippen LogP contribution >= 0.6 is 11.8 Å². The molecule has 0 fully saturated rings. The zero-order valence-electron chi connectivity index (χ0n) is 17.1. The zero-order valence-corrected chi connectivity index (χ0v) is 17.9. The molecule has 31 heavy (non-hydrogen) atoms. The molecule has 0 radical (unpaired) electrons. The van der Waals surface area contributed by atoms with Gasteiger partial charge in [0, 0.05) is 16.9 Å². The van der Waals surface area contributed by atoms with E-state index in [1.807, 2.05) is 36.4 Å². The van der Waals surface area contributed by atoms with Crippen molar-refractivity contribution in [2.24, 2.45) is 5.16 Å². The van der Waals surface area contributed by atoms with Crippen molar-refractivity contribution in [2.45, 2.75) is 11.8 Å². The minimum Gasteiger partial charge on any atom is -0.489 e. The van der Waals surface area contributed by atoms with Gasteiger partial charge in [-0.05, 0) is 29.8 Å². The summed E-state index contributed by atoms with van der Waals surface area (Å²) in [5, 5.41) is 12.3. The summed E-state index contributed by atoms with van der Waals surface area (Å²) in [7, 11) is 2.66. The number of thioether (sulfide) groups is 1. The maximum Gasteiger partial charge on any atom is 0.360 e. The maximum absolute atomic E-state index is 12.1. The van der Waals surface area contributed by atoms with E-state index in [0.29, 0.717) is 28.2 Å². The number of methoxy groups -OCH3 is 1. The Kier molecular flexibility index (Phi) is 7.83. The van der Waals surface area contributed by atoms with Gasteiger partial charge in [-0.3, -0.25) is 0 Å². The summed E-state index contributed by atoms with van der Waals surface area (Å²) in [4.78, 5) is 16.9. The number of rotatable bonds is 10. The monoisotopic (exact) mass is 439 g/mol. The van der Waals surface area contributed by atoms with E-state index in [-0.39, 0.29) is 12.3 Å². The highest BCUT2D eigenvalue weighted by molar-refractivity contribution is 7.99. The predicted molar refractivity (Wildman–Crippen MR) is 117 cm³/mol. The molecule has 0 aliphatic carbocycles. The SMILES string of the molecule is C=CCSc1nnc(-c2ccc(OCc3ccccc3/C(=N/OC)C(=O)OC)cc2)o1. The van der Waals surface area contributed by atoms with E-state index in [1.165, 1.54) is 26.0 Å². The first-order valence-electron chi connectivity index (χ1n) is 9.24. The van der Waals surface area contributed by atoms with Crippen LogP contribution < -0.4 is 4.74 Å². The summed E-state index contributed by atoms with van der Waals surface area (Å²) >= 11 is 1.42. The fraction of sp³-hybridized carbons (Fsp3) is 0.182. The summed E-state index contributed by atoms with van der Waals surface area (Å²) in [6.45, 7) is 3.89. The topological polar surface area (TPSA) is 96.0 Å². The molecule has 0 aliphatic rings. The Labute approximate surface area is 183 Å². The van der Waals surface area contributed by atoms with Gasteiger partial charge in [-0.2, -0.15) is 0 Å². The molecular weight excluding hydrogens is 418 g/mol. The molecular formula is C22H21N3O5S. The van der Waals surface area contributed by atoms with Gasteiger partial charge in [0.25, 0.3) is 5.22 Å². The third-order valence-corrected chi connectivity index (χ3v) is 4.87. The van der Waals surface area contributed by atoms with Crippen LogP contribution in [0.4, 0.5) is 0 Å². The average Bonchev–Trinajstić information content (AvgIpc) is 3.29. The molecule has 3 rings (SSSR count). The van der Waals surface area contributed by atoms with Crippen LogP contribution in [-0.4, -0.2) is 41.9 Å². The van der Waals surface area contributed by atoms with E-state index < -0.39 is 5.97 Å². The van der Waals surface area contributed by atoms with Crippen LogP contribution in [0.3, 0.4) is 0 Å². The number of carbonyl (C=O) groups excluding carboxylic acids is 1. The molecule has 1 aromatic heterocycles. The van der Waals surface area contributed by atoms with Gasteiger partial charge in [-0.1, -0.05) is 47.3 Å². The van der Waals surface area contributed by atoms with Crippen LogP contribution in [0.1, 0.15) is 11.1 Å². The third kappa shape index (κ3) is 5.73. The predicted octanol–water partition coefficient (Wildman–Crippen LogP) is 4.12. The van der Waals surface area contributed by atoms with Crippen LogP contribution in [-0.2, 0) is 21.0 Å². The second kappa shape index (κ2) is 11.0. The highest BCUT2D eigenvalue weighted by Crippen LogP contribution is 2.25. The number of benzene rings is 2. The highest BCUT2D eigenvalue weighted by atomic mass is 32.2. The average molecular weight is 439 g/mol. The summed E-state index contributed by atoms with van der Waals surface area (Å²) in [5.74, 6) is 1.18. The Bertz CT molecular complexity index is 1060. The maximum atomic E-state index is 12.1. The number of hydrogen-bond donors (Lipinski definition) is 0. The lowest BCUT2D eigenvalue weighted by Crippen LogP contribution is -2.19. The molecule has 0 N–H and O–H groups in total. The van der Waals surface area contributed by atoms with E-state index in [2.05, 4.69) is 21.9 Å². The van der Waals surface area contributed by atoms with Gasteiger partial charge >= 0.3 is 5.97 Å². The van der Waals surface area contributed by atoms with Crippen molar-refractivity contribution in [3.8, 4) is 17.2 Å². The van der Waals surface area contributed by atoms with Crippen LogP contribution in [0.15, 0.2) is 76.0 Å². The second-order valence-corrected chi connectivity index (χ2v) is 7.03. The summed E-state index contributed by atoms with van der Waals surface area (Å²) in [6, 6.07) is 14.5.